The lowest BCUT2D eigenvalue weighted by molar-refractivity contribution is 0.373. The zero-order chi connectivity index (χ0) is 13.1. The lowest BCUT2D eigenvalue weighted by atomic mass is 10.1. The molecule has 2 nitrogen and oxygen atoms in total. The van der Waals surface area contributed by atoms with Crippen molar-refractivity contribution in [1.82, 2.24) is 0 Å². The third kappa shape index (κ3) is 2.74. The summed E-state index contributed by atoms with van der Waals surface area (Å²) in [6, 6.07) is 16.3. The molecule has 0 atom stereocenters. The van der Waals surface area contributed by atoms with E-state index in [-0.39, 0.29) is 0 Å². The Hall–Kier alpha value is -2.35. The molecule has 0 fully saturated rings. The lowest BCUT2D eigenvalue weighted by Gasteiger charge is -2.14. The summed E-state index contributed by atoms with van der Waals surface area (Å²) >= 11 is 0. The van der Waals surface area contributed by atoms with Crippen molar-refractivity contribution in [3.63, 3.8) is 0 Å². The first-order valence-corrected chi connectivity index (χ1v) is 6.35. The highest BCUT2D eigenvalue weighted by molar-refractivity contribution is 6.02. The molecule has 0 saturated heterocycles. The van der Waals surface area contributed by atoms with Gasteiger partial charge in [-0.15, -0.1) is 0 Å². The maximum absolute atomic E-state index is 5.66. The molecule has 1 heterocycles. The second-order valence-corrected chi connectivity index (χ2v) is 4.60. The number of para-hydroxylation sites is 2. The summed E-state index contributed by atoms with van der Waals surface area (Å²) in [6.07, 6.45) is 4.08. The molecular formula is C17H15NO. The third-order valence-corrected chi connectivity index (χ3v) is 3.05. The van der Waals surface area contributed by atoms with Crippen molar-refractivity contribution >= 4 is 17.5 Å². The average Bonchev–Trinajstić information content (AvgIpc) is 2.46. The van der Waals surface area contributed by atoms with Crippen LogP contribution < -0.4 is 4.74 Å². The van der Waals surface area contributed by atoms with Crippen molar-refractivity contribution in [3.8, 4) is 5.75 Å². The molecule has 3 rings (SSSR count). The molecule has 19 heavy (non-hydrogen) atoms. The fourth-order valence-electron chi connectivity index (χ4n) is 1.97. The van der Waals surface area contributed by atoms with E-state index < -0.39 is 0 Å². The predicted octanol–water partition coefficient (Wildman–Crippen LogP) is 4.17. The number of aliphatic imine (C=N–C) groups is 1. The Kier molecular flexibility index (Phi) is 3.15. The number of benzene rings is 2. The Labute approximate surface area is 113 Å². The molecule has 0 spiro atoms. The molecule has 0 aromatic heterocycles. The molecule has 2 aromatic carbocycles. The SMILES string of the molecule is Cc1ccc(/C=C/C2=Nc3ccccc3OC2)cc1. The molecule has 2 heteroatoms. The standard InChI is InChI=1S/C17H15NO/c1-13-6-8-14(9-7-13)10-11-15-12-19-17-5-3-2-4-16(17)18-15/h2-11H,12H2,1H3/b11-10+. The minimum Gasteiger partial charge on any atom is -0.485 e. The molecule has 0 N–H and O–H groups in total. The zero-order valence-electron chi connectivity index (χ0n) is 10.8. The second-order valence-electron chi connectivity index (χ2n) is 4.60. The first kappa shape index (κ1) is 11.7. The summed E-state index contributed by atoms with van der Waals surface area (Å²) in [6.45, 7) is 2.61. The Morgan fingerprint density at radius 3 is 2.63 bits per heavy atom. The predicted molar refractivity (Wildman–Crippen MR) is 79.2 cm³/mol. The number of nitrogens with zero attached hydrogens (tertiary/aromatic N) is 1. The molecule has 2 aromatic rings. The van der Waals surface area contributed by atoms with Crippen molar-refractivity contribution in [2.24, 2.45) is 4.99 Å². The van der Waals surface area contributed by atoms with Crippen LogP contribution in [0.4, 0.5) is 5.69 Å². The van der Waals surface area contributed by atoms with Crippen LogP contribution in [0, 0.1) is 6.92 Å². The van der Waals surface area contributed by atoms with E-state index in [9.17, 15) is 0 Å². The van der Waals surface area contributed by atoms with Crippen LogP contribution >= 0.6 is 0 Å². The smallest absolute Gasteiger partial charge is 0.145 e. The van der Waals surface area contributed by atoms with Crippen molar-refractivity contribution in [1.29, 1.82) is 0 Å². The highest BCUT2D eigenvalue weighted by Gasteiger charge is 2.09. The Balaban J connectivity index is 1.81. The van der Waals surface area contributed by atoms with Gasteiger partial charge in [-0.25, -0.2) is 4.99 Å². The van der Waals surface area contributed by atoms with Crippen LogP contribution in [-0.2, 0) is 0 Å². The first-order valence-electron chi connectivity index (χ1n) is 6.35. The van der Waals surface area contributed by atoms with Crippen LogP contribution in [0.25, 0.3) is 6.08 Å². The van der Waals surface area contributed by atoms with E-state index in [1.54, 1.807) is 0 Å². The number of hydrogen-bond donors (Lipinski definition) is 0. The second kappa shape index (κ2) is 5.11. The van der Waals surface area contributed by atoms with Gasteiger partial charge in [-0.2, -0.15) is 0 Å². The van der Waals surface area contributed by atoms with Crippen LogP contribution in [0.3, 0.4) is 0 Å². The fourth-order valence-corrected chi connectivity index (χ4v) is 1.97. The van der Waals surface area contributed by atoms with E-state index in [2.05, 4.69) is 42.3 Å². The highest BCUT2D eigenvalue weighted by Crippen LogP contribution is 2.29. The van der Waals surface area contributed by atoms with Gasteiger partial charge in [0.15, 0.2) is 0 Å². The molecule has 0 amide bonds. The van der Waals surface area contributed by atoms with Gasteiger partial charge in [-0.05, 0) is 30.7 Å². The number of ether oxygens (including phenoxy) is 1. The van der Waals surface area contributed by atoms with E-state index in [0.717, 1.165) is 17.1 Å². The number of fused-ring (bicyclic) bond motifs is 1. The molecule has 1 aliphatic rings. The molecule has 1 aliphatic heterocycles. The van der Waals surface area contributed by atoms with Gasteiger partial charge in [0.25, 0.3) is 0 Å². The molecule has 94 valence electrons. The summed E-state index contributed by atoms with van der Waals surface area (Å²) in [7, 11) is 0. The minimum absolute atomic E-state index is 0.527. The Bertz CT molecular complexity index is 639. The van der Waals surface area contributed by atoms with Gasteiger partial charge < -0.3 is 4.74 Å². The van der Waals surface area contributed by atoms with Crippen LogP contribution in [0.1, 0.15) is 11.1 Å². The fraction of sp³-hybridized carbons (Fsp3) is 0.118. The zero-order valence-corrected chi connectivity index (χ0v) is 10.8. The van der Waals surface area contributed by atoms with E-state index in [0.29, 0.717) is 6.61 Å². The monoisotopic (exact) mass is 249 g/mol. The maximum Gasteiger partial charge on any atom is 0.145 e. The van der Waals surface area contributed by atoms with Gasteiger partial charge >= 0.3 is 0 Å². The van der Waals surface area contributed by atoms with Crippen molar-refractivity contribution in [2.45, 2.75) is 6.92 Å². The normalized spacial score (nSPS) is 13.8. The van der Waals surface area contributed by atoms with Gasteiger partial charge in [0.2, 0.25) is 0 Å². The van der Waals surface area contributed by atoms with Crippen LogP contribution in [0.15, 0.2) is 59.6 Å². The van der Waals surface area contributed by atoms with E-state index in [1.807, 2.05) is 30.3 Å². The van der Waals surface area contributed by atoms with Crippen molar-refractivity contribution < 1.29 is 4.74 Å². The van der Waals surface area contributed by atoms with E-state index in [1.165, 1.54) is 11.1 Å². The summed E-state index contributed by atoms with van der Waals surface area (Å²) < 4.78 is 5.66. The van der Waals surface area contributed by atoms with Crippen molar-refractivity contribution in [3.05, 3.63) is 65.7 Å². The maximum atomic E-state index is 5.66. The molecule has 0 radical (unpaired) electrons. The van der Waals surface area contributed by atoms with Gasteiger partial charge in [0.1, 0.15) is 18.0 Å². The van der Waals surface area contributed by atoms with E-state index >= 15 is 0 Å². The number of hydrogen-bond acceptors (Lipinski definition) is 2. The lowest BCUT2D eigenvalue weighted by Crippen LogP contribution is -2.12. The van der Waals surface area contributed by atoms with E-state index in [4.69, 9.17) is 4.74 Å². The molecule has 0 aliphatic carbocycles. The van der Waals surface area contributed by atoms with Gasteiger partial charge in [0, 0.05) is 0 Å². The Morgan fingerprint density at radius 1 is 1.00 bits per heavy atom. The Morgan fingerprint density at radius 2 is 1.79 bits per heavy atom. The quantitative estimate of drug-likeness (QED) is 0.782. The molecular weight excluding hydrogens is 234 g/mol. The molecule has 0 saturated carbocycles. The average molecular weight is 249 g/mol. The van der Waals surface area contributed by atoms with Crippen LogP contribution in [0.5, 0.6) is 5.75 Å². The van der Waals surface area contributed by atoms with Gasteiger partial charge in [-0.1, -0.05) is 48.0 Å². The van der Waals surface area contributed by atoms with Crippen LogP contribution in [-0.4, -0.2) is 12.3 Å². The summed E-state index contributed by atoms with van der Waals surface area (Å²) in [5.74, 6) is 0.856. The topological polar surface area (TPSA) is 21.6 Å². The number of rotatable bonds is 2. The van der Waals surface area contributed by atoms with Gasteiger partial charge in [0.05, 0.1) is 5.71 Å². The first-order chi connectivity index (χ1) is 9.31. The highest BCUT2D eigenvalue weighted by atomic mass is 16.5. The molecule has 0 unspecified atom stereocenters. The van der Waals surface area contributed by atoms with Gasteiger partial charge in [-0.3, -0.25) is 0 Å². The third-order valence-electron chi connectivity index (χ3n) is 3.05. The largest absolute Gasteiger partial charge is 0.485 e. The summed E-state index contributed by atoms with van der Waals surface area (Å²) in [4.78, 5) is 4.58. The summed E-state index contributed by atoms with van der Waals surface area (Å²) in [5.41, 5.74) is 4.29. The number of aryl methyl sites for hydroxylation is 1. The van der Waals surface area contributed by atoms with Crippen LogP contribution in [0.2, 0.25) is 0 Å². The summed E-state index contributed by atoms with van der Waals surface area (Å²) in [5, 5.41) is 0. The molecule has 0 bridgehead atoms. The minimum atomic E-state index is 0.527. The van der Waals surface area contributed by atoms with Crippen molar-refractivity contribution in [2.75, 3.05) is 6.61 Å².